The standard InChI is InChI=1S/C13H14N4O3/c14-13(19)10-3-1-2-4-11(10)20-7-12(18)16-6-9-5-15-8-17-9/h1-5,8H,6-7H2,(H2,14,19)(H,15,17)(H,16,18). The van der Waals surface area contributed by atoms with Crippen molar-refractivity contribution in [3.05, 3.63) is 48.0 Å². The number of hydrogen-bond donors (Lipinski definition) is 3. The van der Waals surface area contributed by atoms with Crippen LogP contribution in [0.1, 0.15) is 16.1 Å². The Morgan fingerprint density at radius 2 is 2.15 bits per heavy atom. The number of hydrogen-bond acceptors (Lipinski definition) is 4. The number of nitrogens with one attached hydrogen (secondary N) is 2. The van der Waals surface area contributed by atoms with Gasteiger partial charge < -0.3 is 20.8 Å². The molecule has 1 aromatic heterocycles. The van der Waals surface area contributed by atoms with Crippen molar-refractivity contribution in [3.63, 3.8) is 0 Å². The topological polar surface area (TPSA) is 110 Å². The first kappa shape index (κ1) is 13.6. The zero-order chi connectivity index (χ0) is 14.4. The fourth-order valence-corrected chi connectivity index (χ4v) is 1.57. The summed E-state index contributed by atoms with van der Waals surface area (Å²) in [5.74, 6) is -0.617. The van der Waals surface area contributed by atoms with Gasteiger partial charge in [0.1, 0.15) is 5.75 Å². The number of imidazole rings is 1. The third-order valence-electron chi connectivity index (χ3n) is 2.54. The molecule has 2 amide bonds. The molecule has 2 aromatic rings. The lowest BCUT2D eigenvalue weighted by Crippen LogP contribution is -2.29. The molecule has 7 nitrogen and oxygen atoms in total. The van der Waals surface area contributed by atoms with Gasteiger partial charge in [0.2, 0.25) is 0 Å². The van der Waals surface area contributed by atoms with Gasteiger partial charge in [0.05, 0.1) is 24.1 Å². The van der Waals surface area contributed by atoms with Crippen molar-refractivity contribution in [2.24, 2.45) is 5.73 Å². The van der Waals surface area contributed by atoms with Gasteiger partial charge in [-0.1, -0.05) is 12.1 Å². The number of rotatable bonds is 6. The molecule has 0 bridgehead atoms. The number of carbonyl (C=O) groups excluding carboxylic acids is 2. The van der Waals surface area contributed by atoms with E-state index in [1.165, 1.54) is 6.33 Å². The monoisotopic (exact) mass is 274 g/mol. The average Bonchev–Trinajstić information content (AvgIpc) is 2.96. The summed E-state index contributed by atoms with van der Waals surface area (Å²) in [6.07, 6.45) is 3.14. The van der Waals surface area contributed by atoms with Gasteiger partial charge in [0.15, 0.2) is 6.61 Å². The fraction of sp³-hybridized carbons (Fsp3) is 0.154. The van der Waals surface area contributed by atoms with Crippen LogP contribution in [0.15, 0.2) is 36.8 Å². The molecule has 7 heteroatoms. The second kappa shape index (κ2) is 6.37. The molecule has 0 atom stereocenters. The smallest absolute Gasteiger partial charge is 0.258 e. The summed E-state index contributed by atoms with van der Waals surface area (Å²) in [5, 5.41) is 2.65. The van der Waals surface area contributed by atoms with Gasteiger partial charge >= 0.3 is 0 Å². The zero-order valence-electron chi connectivity index (χ0n) is 10.6. The van der Waals surface area contributed by atoms with Gasteiger partial charge in [-0.05, 0) is 12.1 Å². The lowest BCUT2D eigenvalue weighted by molar-refractivity contribution is -0.123. The number of aromatic amines is 1. The summed E-state index contributed by atoms with van der Waals surface area (Å²) in [4.78, 5) is 29.5. The maximum atomic E-state index is 11.6. The Bertz CT molecular complexity index is 595. The molecule has 0 spiro atoms. The van der Waals surface area contributed by atoms with E-state index in [1.54, 1.807) is 30.5 Å². The first-order chi connectivity index (χ1) is 9.66. The third-order valence-corrected chi connectivity index (χ3v) is 2.54. The molecule has 0 radical (unpaired) electrons. The number of para-hydroxylation sites is 1. The molecule has 0 saturated heterocycles. The molecule has 0 aliphatic rings. The normalized spacial score (nSPS) is 10.0. The third kappa shape index (κ3) is 3.58. The molecule has 0 aliphatic heterocycles. The van der Waals surface area contributed by atoms with Crippen LogP contribution < -0.4 is 15.8 Å². The summed E-state index contributed by atoms with van der Waals surface area (Å²) in [6.45, 7) is 0.137. The maximum Gasteiger partial charge on any atom is 0.258 e. The Morgan fingerprint density at radius 1 is 1.35 bits per heavy atom. The number of ether oxygens (including phenoxy) is 1. The molecule has 2 rings (SSSR count). The van der Waals surface area contributed by atoms with E-state index in [0.29, 0.717) is 6.54 Å². The number of nitrogens with zero attached hydrogens (tertiary/aromatic N) is 1. The van der Waals surface area contributed by atoms with Gasteiger partial charge in [-0.15, -0.1) is 0 Å². The molecule has 0 fully saturated rings. The van der Waals surface area contributed by atoms with E-state index in [0.717, 1.165) is 5.69 Å². The van der Waals surface area contributed by atoms with Crippen LogP contribution in [0.4, 0.5) is 0 Å². The quantitative estimate of drug-likeness (QED) is 0.699. The van der Waals surface area contributed by atoms with Crippen molar-refractivity contribution >= 4 is 11.8 Å². The van der Waals surface area contributed by atoms with Gasteiger partial charge in [0, 0.05) is 6.20 Å². The SMILES string of the molecule is NC(=O)c1ccccc1OCC(=O)NCc1cnc[nH]1. The van der Waals surface area contributed by atoms with Gasteiger partial charge in [-0.3, -0.25) is 9.59 Å². The van der Waals surface area contributed by atoms with E-state index >= 15 is 0 Å². The number of amides is 2. The minimum Gasteiger partial charge on any atom is -0.483 e. The molecular formula is C13H14N4O3. The van der Waals surface area contributed by atoms with Gasteiger partial charge in [-0.2, -0.15) is 0 Å². The molecule has 20 heavy (non-hydrogen) atoms. The Kier molecular flexibility index (Phi) is 4.33. The molecule has 0 unspecified atom stereocenters. The van der Waals surface area contributed by atoms with Crippen LogP contribution in [0.25, 0.3) is 0 Å². The van der Waals surface area contributed by atoms with Crippen LogP contribution in [0.5, 0.6) is 5.75 Å². The van der Waals surface area contributed by atoms with Crippen molar-refractivity contribution in [1.29, 1.82) is 0 Å². The average molecular weight is 274 g/mol. The molecule has 0 aliphatic carbocycles. The van der Waals surface area contributed by atoms with Crippen molar-refractivity contribution in [2.45, 2.75) is 6.54 Å². The first-order valence-corrected chi connectivity index (χ1v) is 5.92. The van der Waals surface area contributed by atoms with E-state index in [-0.39, 0.29) is 23.8 Å². The number of aromatic nitrogens is 2. The van der Waals surface area contributed by atoms with E-state index in [9.17, 15) is 9.59 Å². The van der Waals surface area contributed by atoms with E-state index in [4.69, 9.17) is 10.5 Å². The number of primary amides is 1. The highest BCUT2D eigenvalue weighted by Gasteiger charge is 2.10. The highest BCUT2D eigenvalue weighted by atomic mass is 16.5. The van der Waals surface area contributed by atoms with E-state index in [1.807, 2.05) is 0 Å². The number of H-pyrrole nitrogens is 1. The van der Waals surface area contributed by atoms with Crippen LogP contribution in [0, 0.1) is 0 Å². The Morgan fingerprint density at radius 3 is 2.85 bits per heavy atom. The van der Waals surface area contributed by atoms with Crippen molar-refractivity contribution in [3.8, 4) is 5.75 Å². The van der Waals surface area contributed by atoms with Crippen molar-refractivity contribution < 1.29 is 14.3 Å². The van der Waals surface area contributed by atoms with Gasteiger partial charge in [-0.25, -0.2) is 4.98 Å². The fourth-order valence-electron chi connectivity index (χ4n) is 1.57. The minimum atomic E-state index is -0.599. The second-order valence-corrected chi connectivity index (χ2v) is 4.00. The summed E-state index contributed by atoms with van der Waals surface area (Å²) < 4.78 is 5.29. The molecular weight excluding hydrogens is 260 g/mol. The van der Waals surface area contributed by atoms with Crippen molar-refractivity contribution in [1.82, 2.24) is 15.3 Å². The Hall–Kier alpha value is -2.83. The zero-order valence-corrected chi connectivity index (χ0v) is 10.6. The molecule has 4 N–H and O–H groups in total. The van der Waals surface area contributed by atoms with E-state index < -0.39 is 5.91 Å². The maximum absolute atomic E-state index is 11.6. The summed E-state index contributed by atoms with van der Waals surface area (Å²) in [7, 11) is 0. The molecule has 0 saturated carbocycles. The van der Waals surface area contributed by atoms with Crippen LogP contribution in [-0.2, 0) is 11.3 Å². The lowest BCUT2D eigenvalue weighted by Gasteiger charge is -2.09. The highest BCUT2D eigenvalue weighted by Crippen LogP contribution is 2.16. The molecule has 1 aromatic carbocycles. The Balaban J connectivity index is 1.85. The molecule has 1 heterocycles. The minimum absolute atomic E-state index is 0.196. The van der Waals surface area contributed by atoms with Crippen LogP contribution in [0.2, 0.25) is 0 Å². The van der Waals surface area contributed by atoms with Crippen LogP contribution in [-0.4, -0.2) is 28.4 Å². The van der Waals surface area contributed by atoms with E-state index in [2.05, 4.69) is 15.3 Å². The summed E-state index contributed by atoms with van der Waals surface area (Å²) in [5.41, 5.74) is 6.25. The predicted molar refractivity (Wildman–Crippen MR) is 70.9 cm³/mol. The number of carbonyl (C=O) groups is 2. The van der Waals surface area contributed by atoms with Crippen LogP contribution in [0.3, 0.4) is 0 Å². The summed E-state index contributed by atoms with van der Waals surface area (Å²) in [6, 6.07) is 6.50. The van der Waals surface area contributed by atoms with Crippen molar-refractivity contribution in [2.75, 3.05) is 6.61 Å². The largest absolute Gasteiger partial charge is 0.483 e. The highest BCUT2D eigenvalue weighted by molar-refractivity contribution is 5.95. The predicted octanol–water partition coefficient (Wildman–Crippen LogP) is 0.204. The number of nitrogens with two attached hydrogens (primary N) is 1. The number of benzene rings is 1. The van der Waals surface area contributed by atoms with Crippen LogP contribution >= 0.6 is 0 Å². The summed E-state index contributed by atoms with van der Waals surface area (Å²) >= 11 is 0. The first-order valence-electron chi connectivity index (χ1n) is 5.92. The molecule has 104 valence electrons. The van der Waals surface area contributed by atoms with Gasteiger partial charge in [0.25, 0.3) is 11.8 Å². The Labute approximate surface area is 115 Å². The lowest BCUT2D eigenvalue weighted by atomic mass is 10.2. The second-order valence-electron chi connectivity index (χ2n) is 4.00.